The van der Waals surface area contributed by atoms with E-state index in [0.717, 1.165) is 44.2 Å². The third-order valence-corrected chi connectivity index (χ3v) is 5.17. The molecular weight excluding hydrogens is 334 g/mol. The van der Waals surface area contributed by atoms with Crippen molar-refractivity contribution in [3.05, 3.63) is 41.3 Å². The Hall–Kier alpha value is -2.54. The number of piperazine rings is 1. The number of benzene rings is 1. The second kappa shape index (κ2) is 6.99. The molecule has 26 heavy (non-hydrogen) atoms. The van der Waals surface area contributed by atoms with Crippen molar-refractivity contribution < 1.29 is 23.7 Å². The highest BCUT2D eigenvalue weighted by Gasteiger charge is 2.34. The number of rotatable bonds is 3. The molecule has 0 saturated carbocycles. The van der Waals surface area contributed by atoms with Crippen LogP contribution in [0.2, 0.25) is 0 Å². The van der Waals surface area contributed by atoms with Gasteiger partial charge in [0.05, 0.1) is 37.4 Å². The van der Waals surface area contributed by atoms with Crippen LogP contribution >= 0.6 is 0 Å². The predicted molar refractivity (Wildman–Crippen MR) is 93.3 cm³/mol. The Labute approximate surface area is 152 Å². The van der Waals surface area contributed by atoms with Crippen LogP contribution in [0.25, 0.3) is 0 Å². The number of amides is 1. The van der Waals surface area contributed by atoms with Crippen molar-refractivity contribution in [2.45, 2.75) is 26.5 Å². The lowest BCUT2D eigenvalue weighted by Crippen LogP contribution is -3.13. The van der Waals surface area contributed by atoms with E-state index >= 15 is 0 Å². The van der Waals surface area contributed by atoms with Crippen LogP contribution in [0, 0.1) is 13.8 Å². The number of carbonyl (C=O) groups is 1. The quantitative estimate of drug-likeness (QED) is 0.858. The number of nitrogens with zero attached hydrogens (tertiary/aromatic N) is 2. The number of hydrogen-bond donors (Lipinski definition) is 1. The predicted octanol–water partition coefficient (Wildman–Crippen LogP) is 0.359. The first-order valence-electron chi connectivity index (χ1n) is 9.04. The van der Waals surface area contributed by atoms with E-state index in [2.05, 4.69) is 5.16 Å². The van der Waals surface area contributed by atoms with E-state index in [0.29, 0.717) is 11.5 Å². The number of hydrogen-bond acceptors (Lipinski definition) is 5. The van der Waals surface area contributed by atoms with Gasteiger partial charge in [0, 0.05) is 0 Å². The van der Waals surface area contributed by atoms with Gasteiger partial charge in [0.2, 0.25) is 6.10 Å². The molecule has 7 nitrogen and oxygen atoms in total. The second-order valence-corrected chi connectivity index (χ2v) is 6.92. The van der Waals surface area contributed by atoms with Crippen LogP contribution in [0.3, 0.4) is 0 Å². The molecule has 2 aliphatic rings. The summed E-state index contributed by atoms with van der Waals surface area (Å²) in [4.78, 5) is 16.1. The van der Waals surface area contributed by atoms with Gasteiger partial charge < -0.3 is 23.8 Å². The van der Waals surface area contributed by atoms with E-state index < -0.39 is 6.10 Å². The first-order chi connectivity index (χ1) is 12.6. The van der Waals surface area contributed by atoms with Gasteiger partial charge in [-0.2, -0.15) is 0 Å². The molecule has 2 aromatic rings. The Balaban J connectivity index is 1.33. The highest BCUT2D eigenvalue weighted by Crippen LogP contribution is 2.31. The molecule has 1 aromatic heterocycles. The third kappa shape index (κ3) is 3.26. The zero-order chi connectivity index (χ0) is 18.1. The lowest BCUT2D eigenvalue weighted by Gasteiger charge is -2.35. The molecule has 0 bridgehead atoms. The Morgan fingerprint density at radius 2 is 1.96 bits per heavy atom. The summed E-state index contributed by atoms with van der Waals surface area (Å²) in [5.74, 6) is 2.24. The fourth-order valence-electron chi connectivity index (χ4n) is 3.57. The number of nitrogens with one attached hydrogen (secondary N) is 1. The largest absolute Gasteiger partial charge is 0.485 e. The zero-order valence-corrected chi connectivity index (χ0v) is 15.2. The summed E-state index contributed by atoms with van der Waals surface area (Å²) in [6.07, 6.45) is -0.561. The minimum Gasteiger partial charge on any atom is -0.485 e. The molecule has 138 valence electrons. The molecule has 1 aromatic carbocycles. The average Bonchev–Trinajstić information content (AvgIpc) is 2.99. The minimum atomic E-state index is -0.561. The highest BCUT2D eigenvalue weighted by atomic mass is 16.6. The number of aromatic nitrogens is 1. The third-order valence-electron chi connectivity index (χ3n) is 5.17. The zero-order valence-electron chi connectivity index (χ0n) is 15.2. The summed E-state index contributed by atoms with van der Waals surface area (Å²) in [7, 11) is 0. The maximum atomic E-state index is 12.8. The first kappa shape index (κ1) is 16.9. The summed E-state index contributed by atoms with van der Waals surface area (Å²) < 4.78 is 16.8. The Morgan fingerprint density at radius 3 is 2.65 bits per heavy atom. The van der Waals surface area contributed by atoms with Gasteiger partial charge in [-0.25, -0.2) is 0 Å². The lowest BCUT2D eigenvalue weighted by atomic mass is 10.1. The maximum absolute atomic E-state index is 12.8. The fourth-order valence-corrected chi connectivity index (χ4v) is 3.57. The van der Waals surface area contributed by atoms with Crippen molar-refractivity contribution in [2.75, 3.05) is 32.8 Å². The van der Waals surface area contributed by atoms with Crippen molar-refractivity contribution >= 4 is 5.91 Å². The standard InChI is InChI=1S/C19H23N3O4/c1-13-15(14(2)26-20-13)11-21-7-9-22(10-8-21)19(23)18-12-24-16-5-3-4-6-17(16)25-18/h3-6,18H,7-12H2,1-2H3/p+1/t18-/m0/s1. The molecular formula is C19H24N3O4+. The number of aryl methyl sites for hydroxylation is 2. The number of para-hydroxylation sites is 2. The molecule has 1 N–H and O–H groups in total. The van der Waals surface area contributed by atoms with Crippen molar-refractivity contribution in [1.82, 2.24) is 10.1 Å². The van der Waals surface area contributed by atoms with Gasteiger partial charge in [-0.3, -0.25) is 4.79 Å². The summed E-state index contributed by atoms with van der Waals surface area (Å²) in [5, 5.41) is 4.02. The molecule has 0 radical (unpaired) electrons. The Morgan fingerprint density at radius 1 is 1.23 bits per heavy atom. The number of carbonyl (C=O) groups excluding carboxylic acids is 1. The SMILES string of the molecule is Cc1noc(C)c1C[NH+]1CCN(C(=O)[C@@H]2COc3ccccc3O2)CC1. The summed E-state index contributed by atoms with van der Waals surface area (Å²) in [6, 6.07) is 7.46. The average molecular weight is 358 g/mol. The highest BCUT2D eigenvalue weighted by molar-refractivity contribution is 5.82. The smallest absolute Gasteiger partial charge is 0.267 e. The molecule has 7 heteroatoms. The van der Waals surface area contributed by atoms with E-state index in [9.17, 15) is 4.79 Å². The number of fused-ring (bicyclic) bond motifs is 1. The van der Waals surface area contributed by atoms with Gasteiger partial charge in [0.15, 0.2) is 11.5 Å². The summed E-state index contributed by atoms with van der Waals surface area (Å²) >= 11 is 0. The first-order valence-corrected chi connectivity index (χ1v) is 9.04. The van der Waals surface area contributed by atoms with Crippen LogP contribution in [-0.2, 0) is 11.3 Å². The van der Waals surface area contributed by atoms with Gasteiger partial charge >= 0.3 is 0 Å². The number of quaternary nitrogens is 1. The van der Waals surface area contributed by atoms with Crippen molar-refractivity contribution in [3.8, 4) is 11.5 Å². The van der Waals surface area contributed by atoms with Gasteiger partial charge in [0.1, 0.15) is 18.9 Å². The molecule has 0 aliphatic carbocycles. The van der Waals surface area contributed by atoms with Crippen LogP contribution in [0.5, 0.6) is 11.5 Å². The normalized spacial score (nSPS) is 20.2. The monoisotopic (exact) mass is 358 g/mol. The van der Waals surface area contributed by atoms with Gasteiger partial charge in [-0.1, -0.05) is 17.3 Å². The van der Waals surface area contributed by atoms with Crippen LogP contribution in [-0.4, -0.2) is 54.9 Å². The molecule has 1 saturated heterocycles. The van der Waals surface area contributed by atoms with Crippen LogP contribution in [0.4, 0.5) is 0 Å². The van der Waals surface area contributed by atoms with E-state index in [1.54, 1.807) is 0 Å². The van der Waals surface area contributed by atoms with Crippen molar-refractivity contribution in [3.63, 3.8) is 0 Å². The van der Waals surface area contributed by atoms with E-state index in [-0.39, 0.29) is 12.5 Å². The van der Waals surface area contributed by atoms with Crippen molar-refractivity contribution in [2.24, 2.45) is 0 Å². The van der Waals surface area contributed by atoms with Gasteiger partial charge in [-0.05, 0) is 26.0 Å². The molecule has 4 rings (SSSR count). The minimum absolute atomic E-state index is 0.0101. The molecule has 1 amide bonds. The molecule has 1 atom stereocenters. The van der Waals surface area contributed by atoms with E-state index in [1.165, 1.54) is 10.5 Å². The summed E-state index contributed by atoms with van der Waals surface area (Å²) in [5.41, 5.74) is 2.14. The van der Waals surface area contributed by atoms with E-state index in [1.807, 2.05) is 43.0 Å². The molecule has 3 heterocycles. The van der Waals surface area contributed by atoms with Crippen molar-refractivity contribution in [1.29, 1.82) is 0 Å². The van der Waals surface area contributed by atoms with Gasteiger partial charge in [0.25, 0.3) is 5.91 Å². The Kier molecular flexibility index (Phi) is 4.55. The Bertz CT molecular complexity index is 776. The van der Waals surface area contributed by atoms with Crippen LogP contribution in [0.15, 0.2) is 28.8 Å². The number of ether oxygens (including phenoxy) is 2. The molecule has 1 fully saturated rings. The van der Waals surface area contributed by atoms with Crippen LogP contribution < -0.4 is 14.4 Å². The van der Waals surface area contributed by atoms with Gasteiger partial charge in [-0.15, -0.1) is 0 Å². The molecule has 0 spiro atoms. The van der Waals surface area contributed by atoms with E-state index in [4.69, 9.17) is 14.0 Å². The second-order valence-electron chi connectivity index (χ2n) is 6.92. The maximum Gasteiger partial charge on any atom is 0.267 e. The summed E-state index contributed by atoms with van der Waals surface area (Å²) in [6.45, 7) is 8.33. The lowest BCUT2D eigenvalue weighted by molar-refractivity contribution is -0.917. The molecule has 2 aliphatic heterocycles. The fraction of sp³-hybridized carbons (Fsp3) is 0.474. The topological polar surface area (TPSA) is 69.2 Å². The molecule has 0 unspecified atom stereocenters. The van der Waals surface area contributed by atoms with Crippen LogP contribution in [0.1, 0.15) is 17.0 Å².